The molecule has 4 nitrogen and oxygen atoms in total. The average Bonchev–Trinajstić information content (AvgIpc) is 2.80. The van der Waals surface area contributed by atoms with Gasteiger partial charge < -0.3 is 5.73 Å². The SMILES string of the molecule is Nc1n[nH]c(-c2c(F)cc(F)cc2F)c1-c1ccccn1. The van der Waals surface area contributed by atoms with E-state index in [9.17, 15) is 13.2 Å². The monoisotopic (exact) mass is 290 g/mol. The van der Waals surface area contributed by atoms with Crippen LogP contribution in [0.1, 0.15) is 0 Å². The number of aromatic amines is 1. The molecule has 2 heterocycles. The van der Waals surface area contributed by atoms with Crippen molar-refractivity contribution < 1.29 is 13.2 Å². The van der Waals surface area contributed by atoms with Crippen molar-refractivity contribution in [1.29, 1.82) is 0 Å². The molecule has 106 valence electrons. The summed E-state index contributed by atoms with van der Waals surface area (Å²) in [5, 5.41) is 6.23. The fourth-order valence-electron chi connectivity index (χ4n) is 2.09. The van der Waals surface area contributed by atoms with Crippen LogP contribution in [0.25, 0.3) is 22.5 Å². The maximum Gasteiger partial charge on any atom is 0.155 e. The Bertz CT molecular complexity index is 776. The summed E-state index contributed by atoms with van der Waals surface area (Å²) in [6, 6.07) is 6.22. The maximum absolute atomic E-state index is 13.9. The molecule has 2 aromatic heterocycles. The van der Waals surface area contributed by atoms with E-state index in [4.69, 9.17) is 5.73 Å². The first-order valence-corrected chi connectivity index (χ1v) is 5.98. The number of rotatable bonds is 2. The molecule has 0 unspecified atom stereocenters. The van der Waals surface area contributed by atoms with Crippen molar-refractivity contribution in [2.45, 2.75) is 0 Å². The molecule has 0 atom stereocenters. The fourth-order valence-corrected chi connectivity index (χ4v) is 2.09. The normalized spacial score (nSPS) is 10.8. The summed E-state index contributed by atoms with van der Waals surface area (Å²) in [4.78, 5) is 4.09. The molecule has 0 radical (unpaired) electrons. The summed E-state index contributed by atoms with van der Waals surface area (Å²) in [6.45, 7) is 0. The molecule has 0 fully saturated rings. The molecule has 3 N–H and O–H groups in total. The van der Waals surface area contributed by atoms with Crippen molar-refractivity contribution in [2.24, 2.45) is 0 Å². The van der Waals surface area contributed by atoms with Gasteiger partial charge in [0.2, 0.25) is 0 Å². The van der Waals surface area contributed by atoms with Gasteiger partial charge in [-0.15, -0.1) is 0 Å². The lowest BCUT2D eigenvalue weighted by molar-refractivity contribution is 0.547. The minimum Gasteiger partial charge on any atom is -0.382 e. The largest absolute Gasteiger partial charge is 0.382 e. The van der Waals surface area contributed by atoms with E-state index in [1.54, 1.807) is 18.2 Å². The number of halogens is 3. The molecule has 3 aromatic rings. The molecule has 1 aromatic carbocycles. The van der Waals surface area contributed by atoms with Gasteiger partial charge in [-0.25, -0.2) is 13.2 Å². The third kappa shape index (κ3) is 2.22. The summed E-state index contributed by atoms with van der Waals surface area (Å²) in [7, 11) is 0. The van der Waals surface area contributed by atoms with Gasteiger partial charge in [-0.05, 0) is 12.1 Å². The van der Waals surface area contributed by atoms with E-state index in [-0.39, 0.29) is 17.1 Å². The van der Waals surface area contributed by atoms with Crippen LogP contribution in [0.3, 0.4) is 0 Å². The van der Waals surface area contributed by atoms with Crippen LogP contribution in [0.2, 0.25) is 0 Å². The fraction of sp³-hybridized carbons (Fsp3) is 0. The van der Waals surface area contributed by atoms with E-state index in [1.165, 1.54) is 6.20 Å². The Labute approximate surface area is 117 Å². The smallest absolute Gasteiger partial charge is 0.155 e. The second-order valence-electron chi connectivity index (χ2n) is 4.32. The van der Waals surface area contributed by atoms with E-state index in [0.29, 0.717) is 17.8 Å². The molecule has 0 saturated carbocycles. The van der Waals surface area contributed by atoms with Crippen LogP contribution < -0.4 is 5.73 Å². The number of hydrogen-bond acceptors (Lipinski definition) is 3. The van der Waals surface area contributed by atoms with E-state index in [2.05, 4.69) is 15.2 Å². The maximum atomic E-state index is 13.9. The molecule has 7 heteroatoms. The number of hydrogen-bond donors (Lipinski definition) is 2. The van der Waals surface area contributed by atoms with Gasteiger partial charge in [0.1, 0.15) is 17.5 Å². The molecule has 0 spiro atoms. The van der Waals surface area contributed by atoms with E-state index in [0.717, 1.165) is 0 Å². The Kier molecular flexibility index (Phi) is 3.09. The van der Waals surface area contributed by atoms with Gasteiger partial charge >= 0.3 is 0 Å². The summed E-state index contributed by atoms with van der Waals surface area (Å²) in [6.07, 6.45) is 1.52. The number of aromatic nitrogens is 3. The van der Waals surface area contributed by atoms with Crippen LogP contribution in [0.15, 0.2) is 36.5 Å². The zero-order chi connectivity index (χ0) is 15.0. The second kappa shape index (κ2) is 4.93. The van der Waals surface area contributed by atoms with Crippen LogP contribution in [0.5, 0.6) is 0 Å². The summed E-state index contributed by atoms with van der Waals surface area (Å²) in [5.41, 5.74) is 5.99. The molecular weight excluding hydrogens is 281 g/mol. The highest BCUT2D eigenvalue weighted by Crippen LogP contribution is 2.36. The first-order chi connectivity index (χ1) is 10.1. The Hall–Kier alpha value is -2.83. The first kappa shape index (κ1) is 13.2. The van der Waals surface area contributed by atoms with Gasteiger partial charge in [-0.2, -0.15) is 5.10 Å². The third-order valence-corrected chi connectivity index (χ3v) is 2.97. The predicted molar refractivity (Wildman–Crippen MR) is 71.5 cm³/mol. The minimum atomic E-state index is -1.05. The summed E-state index contributed by atoms with van der Waals surface area (Å²) in [5.74, 6) is -3.05. The van der Waals surface area contributed by atoms with E-state index >= 15 is 0 Å². The molecule has 3 rings (SSSR count). The highest BCUT2D eigenvalue weighted by molar-refractivity contribution is 5.86. The van der Waals surface area contributed by atoms with E-state index < -0.39 is 23.0 Å². The quantitative estimate of drug-likeness (QED) is 0.762. The average molecular weight is 290 g/mol. The Balaban J connectivity index is 2.27. The topological polar surface area (TPSA) is 67.6 Å². The van der Waals surface area contributed by atoms with Gasteiger partial charge in [-0.3, -0.25) is 10.1 Å². The number of H-pyrrole nitrogens is 1. The lowest BCUT2D eigenvalue weighted by Gasteiger charge is -2.06. The number of anilines is 1. The van der Waals surface area contributed by atoms with Crippen molar-refractivity contribution in [3.05, 3.63) is 54.0 Å². The Morgan fingerprint density at radius 1 is 1.00 bits per heavy atom. The van der Waals surface area contributed by atoms with Crippen LogP contribution in [0.4, 0.5) is 19.0 Å². The second-order valence-corrected chi connectivity index (χ2v) is 4.32. The first-order valence-electron chi connectivity index (χ1n) is 5.98. The summed E-state index contributed by atoms with van der Waals surface area (Å²) >= 11 is 0. The summed E-state index contributed by atoms with van der Waals surface area (Å²) < 4.78 is 40.8. The van der Waals surface area contributed by atoms with Crippen molar-refractivity contribution in [2.75, 3.05) is 5.73 Å². The predicted octanol–water partition coefficient (Wildman–Crippen LogP) is 3.14. The van der Waals surface area contributed by atoms with Crippen molar-refractivity contribution in [1.82, 2.24) is 15.2 Å². The van der Waals surface area contributed by atoms with Crippen LogP contribution in [0, 0.1) is 17.5 Å². The minimum absolute atomic E-state index is 0.0150. The zero-order valence-electron chi connectivity index (χ0n) is 10.6. The molecule has 0 aliphatic carbocycles. The highest BCUT2D eigenvalue weighted by Gasteiger charge is 2.22. The van der Waals surface area contributed by atoms with Gasteiger partial charge in [0, 0.05) is 18.3 Å². The number of benzene rings is 1. The van der Waals surface area contributed by atoms with Crippen LogP contribution in [-0.2, 0) is 0 Å². The Morgan fingerprint density at radius 2 is 1.71 bits per heavy atom. The van der Waals surface area contributed by atoms with Crippen molar-refractivity contribution in [3.63, 3.8) is 0 Å². The third-order valence-electron chi connectivity index (χ3n) is 2.97. The zero-order valence-corrected chi connectivity index (χ0v) is 10.6. The standard InChI is InChI=1S/C14H9F3N4/c15-7-5-8(16)11(9(17)6-7)13-12(14(18)21-20-13)10-3-1-2-4-19-10/h1-6H,(H3,18,20,21). The number of pyridine rings is 1. The highest BCUT2D eigenvalue weighted by atomic mass is 19.1. The number of nitrogens with zero attached hydrogens (tertiary/aromatic N) is 2. The lowest BCUT2D eigenvalue weighted by Crippen LogP contribution is -1.96. The molecule has 0 aliphatic rings. The van der Waals surface area contributed by atoms with Crippen molar-refractivity contribution >= 4 is 5.82 Å². The van der Waals surface area contributed by atoms with Gasteiger partial charge in [0.25, 0.3) is 0 Å². The Morgan fingerprint density at radius 3 is 2.33 bits per heavy atom. The molecule has 0 amide bonds. The molecule has 21 heavy (non-hydrogen) atoms. The molecule has 0 aliphatic heterocycles. The lowest BCUT2D eigenvalue weighted by atomic mass is 10.0. The number of nitrogens with two attached hydrogens (primary N) is 1. The number of nitrogen functional groups attached to an aromatic ring is 1. The van der Waals surface area contributed by atoms with Crippen LogP contribution >= 0.6 is 0 Å². The molecule has 0 saturated heterocycles. The van der Waals surface area contributed by atoms with Crippen molar-refractivity contribution in [3.8, 4) is 22.5 Å². The van der Waals surface area contributed by atoms with E-state index in [1.807, 2.05) is 0 Å². The molecule has 0 bridgehead atoms. The van der Waals surface area contributed by atoms with Gasteiger partial charge in [0.05, 0.1) is 22.5 Å². The number of nitrogens with one attached hydrogen (secondary N) is 1. The molecular formula is C14H9F3N4. The van der Waals surface area contributed by atoms with Crippen LogP contribution in [-0.4, -0.2) is 15.2 Å². The van der Waals surface area contributed by atoms with Gasteiger partial charge in [-0.1, -0.05) is 6.07 Å². The van der Waals surface area contributed by atoms with Gasteiger partial charge in [0.15, 0.2) is 5.82 Å².